The van der Waals surface area contributed by atoms with Crippen molar-refractivity contribution >= 4 is 17.9 Å². The van der Waals surface area contributed by atoms with Crippen molar-refractivity contribution in [2.24, 2.45) is 0 Å². The first-order chi connectivity index (χ1) is 37.0. The highest BCUT2D eigenvalue weighted by atomic mass is 16.6. The molecule has 1 atom stereocenters. The summed E-state index contributed by atoms with van der Waals surface area (Å²) in [6.45, 7) is 6.44. The van der Waals surface area contributed by atoms with Gasteiger partial charge < -0.3 is 14.2 Å². The van der Waals surface area contributed by atoms with Crippen molar-refractivity contribution in [3.8, 4) is 0 Å². The monoisotopic (exact) mass is 1040 g/mol. The molecule has 6 nitrogen and oxygen atoms in total. The fraction of sp³-hybridized carbons (Fsp3) is 0.667. The molecule has 0 aliphatic heterocycles. The van der Waals surface area contributed by atoms with Gasteiger partial charge in [0.2, 0.25) is 0 Å². The minimum absolute atomic E-state index is 0.0987. The van der Waals surface area contributed by atoms with Gasteiger partial charge in [-0.3, -0.25) is 14.4 Å². The molecule has 0 aliphatic carbocycles. The summed E-state index contributed by atoms with van der Waals surface area (Å²) in [7, 11) is 0. The first kappa shape index (κ1) is 70.8. The third-order valence-corrected chi connectivity index (χ3v) is 13.1. The maximum Gasteiger partial charge on any atom is 0.306 e. The van der Waals surface area contributed by atoms with Crippen LogP contribution in [0.4, 0.5) is 0 Å². The molecule has 0 heterocycles. The average Bonchev–Trinajstić information content (AvgIpc) is 3.41. The molecule has 0 saturated carbocycles. The zero-order chi connectivity index (χ0) is 54.3. The average molecular weight is 1040 g/mol. The zero-order valence-electron chi connectivity index (χ0n) is 48.8. The number of carbonyl (C=O) groups excluding carboxylic acids is 3. The molecule has 0 spiro atoms. The molecule has 0 radical (unpaired) electrons. The molecule has 0 aromatic heterocycles. The van der Waals surface area contributed by atoms with Gasteiger partial charge in [0.1, 0.15) is 13.2 Å². The van der Waals surface area contributed by atoms with Crippen molar-refractivity contribution in [3.05, 3.63) is 122 Å². The van der Waals surface area contributed by atoms with Gasteiger partial charge in [-0.05, 0) is 89.9 Å². The molecule has 0 saturated heterocycles. The van der Waals surface area contributed by atoms with E-state index in [0.29, 0.717) is 19.3 Å². The topological polar surface area (TPSA) is 78.9 Å². The van der Waals surface area contributed by atoms with Crippen molar-refractivity contribution in [1.82, 2.24) is 0 Å². The van der Waals surface area contributed by atoms with E-state index in [4.69, 9.17) is 14.2 Å². The van der Waals surface area contributed by atoms with Gasteiger partial charge in [0.15, 0.2) is 6.10 Å². The predicted octanol–water partition coefficient (Wildman–Crippen LogP) is 21.2. The fourth-order valence-corrected chi connectivity index (χ4v) is 8.47. The van der Waals surface area contributed by atoms with Gasteiger partial charge in [-0.2, -0.15) is 0 Å². The largest absolute Gasteiger partial charge is 0.462 e. The first-order valence-electron chi connectivity index (χ1n) is 31.2. The van der Waals surface area contributed by atoms with Crippen molar-refractivity contribution in [1.29, 1.82) is 0 Å². The van der Waals surface area contributed by atoms with E-state index >= 15 is 0 Å². The number of hydrogen-bond acceptors (Lipinski definition) is 6. The van der Waals surface area contributed by atoms with Crippen LogP contribution in [0.2, 0.25) is 0 Å². The summed E-state index contributed by atoms with van der Waals surface area (Å²) >= 11 is 0. The minimum atomic E-state index is -0.806. The van der Waals surface area contributed by atoms with E-state index < -0.39 is 6.10 Å². The maximum absolute atomic E-state index is 12.9. The smallest absolute Gasteiger partial charge is 0.306 e. The summed E-state index contributed by atoms with van der Waals surface area (Å²) in [4.78, 5) is 38.3. The van der Waals surface area contributed by atoms with Crippen LogP contribution in [0.1, 0.15) is 278 Å². The second kappa shape index (κ2) is 62.4. The molecule has 0 bridgehead atoms. The Morgan fingerprint density at radius 1 is 0.280 bits per heavy atom. The standard InChI is InChI=1S/C69H114O6/c1-4-7-10-13-16-19-22-25-28-31-34-37-40-43-46-49-52-55-58-61-67(70)73-64-66(75-69(72)63-60-57-54-51-48-45-42-39-36-33-30-27-24-21-18-15-12-9-6-3)65-74-68(71)62-59-56-53-50-47-44-41-38-35-32-29-26-23-20-17-14-11-8-5-2/h7,10,13,16,18-19,21-22,24-25,27-28,31-32,34-35,37,40,43,46,66H,4-6,8-9,11-12,14-15,17,20,23,26,29-30,33,36,38-39,41-42,44-45,47-65H2,1-3H3/b10-7-,16-13-,21-18-,22-19-,27-24-,28-25-,34-31+,35-32-,40-37-,46-43-. The Bertz CT molecular complexity index is 1570. The Morgan fingerprint density at radius 3 is 0.907 bits per heavy atom. The lowest BCUT2D eigenvalue weighted by molar-refractivity contribution is -0.167. The summed E-state index contributed by atoms with van der Waals surface area (Å²) in [5, 5.41) is 0. The van der Waals surface area contributed by atoms with E-state index in [9.17, 15) is 14.4 Å². The molecule has 75 heavy (non-hydrogen) atoms. The van der Waals surface area contributed by atoms with Gasteiger partial charge in [-0.25, -0.2) is 0 Å². The number of carbonyl (C=O) groups is 3. The van der Waals surface area contributed by atoms with Crippen LogP contribution >= 0.6 is 0 Å². The number of esters is 3. The Labute approximate surface area is 462 Å². The predicted molar refractivity (Wildman–Crippen MR) is 325 cm³/mol. The third kappa shape index (κ3) is 60.6. The highest BCUT2D eigenvalue weighted by Crippen LogP contribution is 2.16. The second-order valence-corrected chi connectivity index (χ2v) is 20.4. The Morgan fingerprint density at radius 2 is 0.533 bits per heavy atom. The van der Waals surface area contributed by atoms with E-state index in [-0.39, 0.29) is 31.1 Å². The third-order valence-electron chi connectivity index (χ3n) is 13.1. The first-order valence-corrected chi connectivity index (χ1v) is 31.2. The molecule has 6 heteroatoms. The number of rotatable bonds is 55. The zero-order valence-corrected chi connectivity index (χ0v) is 48.8. The van der Waals surface area contributed by atoms with Crippen molar-refractivity contribution in [2.45, 2.75) is 284 Å². The van der Waals surface area contributed by atoms with E-state index in [1.807, 2.05) is 72.9 Å². The van der Waals surface area contributed by atoms with Crippen LogP contribution in [0, 0.1) is 0 Å². The molecule has 1 unspecified atom stereocenters. The molecular formula is C69H114O6. The van der Waals surface area contributed by atoms with Gasteiger partial charge in [0.05, 0.1) is 0 Å². The highest BCUT2D eigenvalue weighted by Gasteiger charge is 2.19. The van der Waals surface area contributed by atoms with E-state index in [1.165, 1.54) is 167 Å². The number of unbranched alkanes of at least 4 members (excludes halogenated alkanes) is 31. The number of allylic oxidation sites excluding steroid dienone is 20. The van der Waals surface area contributed by atoms with E-state index in [1.54, 1.807) is 0 Å². The van der Waals surface area contributed by atoms with Gasteiger partial charge in [-0.1, -0.05) is 290 Å². The van der Waals surface area contributed by atoms with Crippen LogP contribution in [0.25, 0.3) is 0 Å². The summed E-state index contributed by atoms with van der Waals surface area (Å²) in [5.41, 5.74) is 0. The lowest BCUT2D eigenvalue weighted by Gasteiger charge is -2.18. The normalized spacial score (nSPS) is 12.9. The molecule has 0 aromatic carbocycles. The van der Waals surface area contributed by atoms with Crippen LogP contribution < -0.4 is 0 Å². The fourth-order valence-electron chi connectivity index (χ4n) is 8.47. The lowest BCUT2D eigenvalue weighted by Crippen LogP contribution is -2.30. The SMILES string of the molecule is CC\C=C/C=C\C=C/C=C\C=C\C=C/C=C\CCCCCC(=O)OCC(COC(=O)CCCCCCCCC/C=C\CCCCCCCCCC)OC(=O)CCCCCCCCCCCC/C=C\C=C/CCCCC. The Kier molecular flexibility index (Phi) is 58.9. The van der Waals surface area contributed by atoms with E-state index in [0.717, 1.165) is 70.6 Å². The van der Waals surface area contributed by atoms with Gasteiger partial charge >= 0.3 is 17.9 Å². The highest BCUT2D eigenvalue weighted by molar-refractivity contribution is 5.71. The number of hydrogen-bond donors (Lipinski definition) is 0. The molecule has 0 N–H and O–H groups in total. The Hall–Kier alpha value is -4.19. The quantitative estimate of drug-likeness (QED) is 0.0199. The molecular weight excluding hydrogens is 925 g/mol. The van der Waals surface area contributed by atoms with Crippen LogP contribution in [0.3, 0.4) is 0 Å². The van der Waals surface area contributed by atoms with Gasteiger partial charge in [0.25, 0.3) is 0 Å². The Balaban J connectivity index is 4.50. The molecule has 0 aromatic rings. The van der Waals surface area contributed by atoms with Crippen molar-refractivity contribution in [2.75, 3.05) is 13.2 Å². The van der Waals surface area contributed by atoms with Crippen LogP contribution in [-0.4, -0.2) is 37.2 Å². The molecule has 0 aliphatic rings. The minimum Gasteiger partial charge on any atom is -0.462 e. The lowest BCUT2D eigenvalue weighted by atomic mass is 10.1. The van der Waals surface area contributed by atoms with Crippen LogP contribution in [0.5, 0.6) is 0 Å². The van der Waals surface area contributed by atoms with Crippen LogP contribution in [-0.2, 0) is 28.6 Å². The van der Waals surface area contributed by atoms with Gasteiger partial charge in [-0.15, -0.1) is 0 Å². The van der Waals surface area contributed by atoms with E-state index in [2.05, 4.69) is 69.4 Å². The molecule has 0 amide bonds. The van der Waals surface area contributed by atoms with Crippen molar-refractivity contribution < 1.29 is 28.6 Å². The van der Waals surface area contributed by atoms with Gasteiger partial charge in [0, 0.05) is 19.3 Å². The summed E-state index contributed by atoms with van der Waals surface area (Å²) in [6.07, 6.45) is 86.1. The summed E-state index contributed by atoms with van der Waals surface area (Å²) in [5.74, 6) is -0.948. The summed E-state index contributed by atoms with van der Waals surface area (Å²) in [6, 6.07) is 0. The molecule has 426 valence electrons. The molecule has 0 rings (SSSR count). The summed E-state index contributed by atoms with van der Waals surface area (Å²) < 4.78 is 16.9. The maximum atomic E-state index is 12.9. The number of ether oxygens (including phenoxy) is 3. The molecule has 0 fully saturated rings. The second-order valence-electron chi connectivity index (χ2n) is 20.4. The van der Waals surface area contributed by atoms with Crippen LogP contribution in [0.15, 0.2) is 122 Å². The van der Waals surface area contributed by atoms with Crippen molar-refractivity contribution in [3.63, 3.8) is 0 Å².